The van der Waals surface area contributed by atoms with Crippen LogP contribution in [0.1, 0.15) is 44.6 Å². The van der Waals surface area contributed by atoms with E-state index in [2.05, 4.69) is 16.8 Å². The summed E-state index contributed by atoms with van der Waals surface area (Å²) >= 11 is 0. The normalized spacial score (nSPS) is 23.5. The highest BCUT2D eigenvalue weighted by molar-refractivity contribution is 7.92. The average Bonchev–Trinajstić information content (AvgIpc) is 2.70. The van der Waals surface area contributed by atoms with Gasteiger partial charge in [0.15, 0.2) is 9.84 Å². The molecule has 180 valence electrons. The molecule has 5 nitrogen and oxygen atoms in total. The second-order valence-electron chi connectivity index (χ2n) is 9.72. The number of sulfone groups is 1. The minimum atomic E-state index is -4.46. The first-order valence-corrected chi connectivity index (χ1v) is 13.3. The number of halogens is 3. The fourth-order valence-corrected chi connectivity index (χ4v) is 6.92. The Morgan fingerprint density at radius 3 is 2.61 bits per heavy atom. The summed E-state index contributed by atoms with van der Waals surface area (Å²) in [5.74, 6) is 1.09. The molecule has 0 spiro atoms. The summed E-state index contributed by atoms with van der Waals surface area (Å²) in [4.78, 5) is 18.4. The molecule has 1 aromatic heterocycles. The number of fused-ring (bicyclic) bond motifs is 1. The van der Waals surface area contributed by atoms with Gasteiger partial charge in [-0.05, 0) is 61.3 Å². The molecule has 33 heavy (non-hydrogen) atoms. The number of hydrogen-bond donors (Lipinski definition) is 0. The van der Waals surface area contributed by atoms with Gasteiger partial charge in [0.05, 0.1) is 22.6 Å². The highest BCUT2D eigenvalue weighted by Crippen LogP contribution is 2.39. The van der Waals surface area contributed by atoms with Gasteiger partial charge in [-0.1, -0.05) is 6.92 Å². The molecule has 2 aliphatic heterocycles. The van der Waals surface area contributed by atoms with E-state index in [1.54, 1.807) is 18.2 Å². The third-order valence-corrected chi connectivity index (χ3v) is 8.66. The van der Waals surface area contributed by atoms with Gasteiger partial charge in [0.25, 0.3) is 0 Å². The zero-order chi connectivity index (χ0) is 23.8. The van der Waals surface area contributed by atoms with Gasteiger partial charge >= 0.3 is 6.18 Å². The Morgan fingerprint density at radius 1 is 1.15 bits per heavy atom. The maximum Gasteiger partial charge on any atom is 0.418 e. The van der Waals surface area contributed by atoms with Gasteiger partial charge in [-0.15, -0.1) is 0 Å². The fraction of sp³-hybridized carbons (Fsp3) is 0.583. The Bertz CT molecular complexity index is 1120. The first-order chi connectivity index (χ1) is 15.5. The van der Waals surface area contributed by atoms with Gasteiger partial charge in [0.1, 0.15) is 5.78 Å². The van der Waals surface area contributed by atoms with Gasteiger partial charge in [-0.25, -0.2) is 8.42 Å². The number of benzene rings is 1. The summed E-state index contributed by atoms with van der Waals surface area (Å²) in [6.45, 7) is 3.64. The molecular formula is C24H29F3N2O3S. The standard InChI is InChI=1S/C24H29F3N2O3S/c1-16-10-17(4-2-5-19(30)11-18-14-33(31,32)15-18)13-29(12-16)22-8-7-21(24(25,26)27)23-20(22)6-3-9-28-23/h3,6-9,16-18H,2,4-5,10-15H2,1H3/t16-,17+/m0/s1. The molecule has 9 heteroatoms. The van der Waals surface area contributed by atoms with Crippen molar-refractivity contribution in [1.29, 1.82) is 0 Å². The maximum atomic E-state index is 13.5. The van der Waals surface area contributed by atoms with Crippen LogP contribution in [0.3, 0.4) is 0 Å². The van der Waals surface area contributed by atoms with Gasteiger partial charge < -0.3 is 4.90 Å². The Hall–Kier alpha value is -2.16. The monoisotopic (exact) mass is 482 g/mol. The zero-order valence-corrected chi connectivity index (χ0v) is 19.5. The van der Waals surface area contributed by atoms with Crippen LogP contribution in [0.15, 0.2) is 30.5 Å². The van der Waals surface area contributed by atoms with Crippen molar-refractivity contribution in [3.05, 3.63) is 36.0 Å². The van der Waals surface area contributed by atoms with Crippen LogP contribution in [-0.2, 0) is 20.8 Å². The van der Waals surface area contributed by atoms with E-state index in [0.717, 1.165) is 44.1 Å². The molecule has 3 heterocycles. The first kappa shape index (κ1) is 24.0. The van der Waals surface area contributed by atoms with Gasteiger partial charge in [-0.2, -0.15) is 13.2 Å². The van der Waals surface area contributed by atoms with Gasteiger partial charge in [0.2, 0.25) is 0 Å². The average molecular weight is 483 g/mol. The van der Waals surface area contributed by atoms with E-state index in [-0.39, 0.29) is 28.7 Å². The Morgan fingerprint density at radius 2 is 1.91 bits per heavy atom. The number of anilines is 1. The number of carbonyl (C=O) groups excluding carboxylic acids is 1. The van der Waals surface area contributed by atoms with Crippen LogP contribution in [0.2, 0.25) is 0 Å². The molecule has 2 saturated heterocycles. The van der Waals surface area contributed by atoms with E-state index < -0.39 is 21.6 Å². The lowest BCUT2D eigenvalue weighted by Gasteiger charge is -2.38. The molecule has 0 N–H and O–H groups in total. The third kappa shape index (κ3) is 5.67. The number of ketones is 1. The highest BCUT2D eigenvalue weighted by atomic mass is 32.2. The lowest BCUT2D eigenvalue weighted by atomic mass is 9.86. The number of alkyl halides is 3. The zero-order valence-electron chi connectivity index (χ0n) is 18.6. The summed E-state index contributed by atoms with van der Waals surface area (Å²) < 4.78 is 62.9. The number of carbonyl (C=O) groups is 1. The van der Waals surface area contributed by atoms with Gasteiger partial charge in [-0.3, -0.25) is 9.78 Å². The van der Waals surface area contributed by atoms with E-state index in [9.17, 15) is 26.4 Å². The molecule has 0 bridgehead atoms. The van der Waals surface area contributed by atoms with Crippen molar-refractivity contribution in [3.8, 4) is 0 Å². The van der Waals surface area contributed by atoms with Crippen LogP contribution in [0.5, 0.6) is 0 Å². The van der Waals surface area contributed by atoms with Crippen molar-refractivity contribution in [3.63, 3.8) is 0 Å². The Balaban J connectivity index is 1.40. The minimum Gasteiger partial charge on any atom is -0.370 e. The number of pyridine rings is 1. The lowest BCUT2D eigenvalue weighted by molar-refractivity contribution is -0.136. The number of rotatable bonds is 7. The summed E-state index contributed by atoms with van der Waals surface area (Å²) in [6, 6.07) is 6.03. The second-order valence-corrected chi connectivity index (χ2v) is 11.9. The molecule has 2 atom stereocenters. The van der Waals surface area contributed by atoms with Crippen molar-refractivity contribution in [1.82, 2.24) is 4.98 Å². The van der Waals surface area contributed by atoms with E-state index >= 15 is 0 Å². The third-order valence-electron chi connectivity index (χ3n) is 6.70. The van der Waals surface area contributed by atoms with Crippen LogP contribution in [0.4, 0.5) is 18.9 Å². The van der Waals surface area contributed by atoms with Crippen LogP contribution in [0.25, 0.3) is 10.9 Å². The van der Waals surface area contributed by atoms with Crippen molar-refractivity contribution < 1.29 is 26.4 Å². The number of nitrogens with zero attached hydrogens (tertiary/aromatic N) is 2. The van der Waals surface area contributed by atoms with Crippen molar-refractivity contribution in [2.75, 3.05) is 29.5 Å². The van der Waals surface area contributed by atoms with E-state index in [1.165, 1.54) is 6.20 Å². The van der Waals surface area contributed by atoms with E-state index in [4.69, 9.17) is 0 Å². The molecule has 0 radical (unpaired) electrons. The smallest absolute Gasteiger partial charge is 0.370 e. The summed E-state index contributed by atoms with van der Waals surface area (Å²) in [6.07, 6.45) is 0.358. The predicted octanol–water partition coefficient (Wildman–Crippen LogP) is 4.89. The van der Waals surface area contributed by atoms with Crippen LogP contribution < -0.4 is 4.90 Å². The van der Waals surface area contributed by atoms with Crippen LogP contribution >= 0.6 is 0 Å². The number of piperidine rings is 1. The highest BCUT2D eigenvalue weighted by Gasteiger charge is 2.35. The molecule has 2 fully saturated rings. The molecule has 4 rings (SSSR count). The molecule has 0 aliphatic carbocycles. The molecule has 0 saturated carbocycles. The molecule has 0 amide bonds. The van der Waals surface area contributed by atoms with Crippen molar-refractivity contribution in [2.24, 2.45) is 17.8 Å². The minimum absolute atomic E-state index is 0.0192. The van der Waals surface area contributed by atoms with Crippen LogP contribution in [0, 0.1) is 17.8 Å². The van der Waals surface area contributed by atoms with Gasteiger partial charge in [0, 0.05) is 43.2 Å². The Labute approximate surface area is 192 Å². The summed E-state index contributed by atoms with van der Waals surface area (Å²) in [7, 11) is -2.90. The molecule has 1 aromatic carbocycles. The number of Topliss-reactive ketones (excluding diaryl/α,β-unsaturated/α-hetero) is 1. The quantitative estimate of drug-likeness (QED) is 0.562. The summed E-state index contributed by atoms with van der Waals surface area (Å²) in [5.41, 5.74) is 0.0204. The number of hydrogen-bond acceptors (Lipinski definition) is 5. The van der Waals surface area contributed by atoms with E-state index in [0.29, 0.717) is 30.1 Å². The van der Waals surface area contributed by atoms with Crippen molar-refractivity contribution in [2.45, 2.75) is 45.2 Å². The molecule has 0 unspecified atom stereocenters. The maximum absolute atomic E-state index is 13.5. The largest absolute Gasteiger partial charge is 0.418 e. The first-order valence-electron chi connectivity index (χ1n) is 11.4. The number of aromatic nitrogens is 1. The predicted molar refractivity (Wildman–Crippen MR) is 122 cm³/mol. The van der Waals surface area contributed by atoms with Crippen molar-refractivity contribution >= 4 is 32.2 Å². The summed E-state index contributed by atoms with van der Waals surface area (Å²) in [5, 5.41) is 0.505. The lowest BCUT2D eigenvalue weighted by Crippen LogP contribution is -2.40. The van der Waals surface area contributed by atoms with E-state index in [1.807, 2.05) is 0 Å². The van der Waals surface area contributed by atoms with Crippen LogP contribution in [-0.4, -0.2) is 43.8 Å². The molecular weight excluding hydrogens is 453 g/mol. The molecule has 2 aromatic rings. The topological polar surface area (TPSA) is 67.3 Å². The SMILES string of the molecule is C[C@H]1C[C@@H](CCCC(=O)CC2CS(=O)(=O)C2)CN(c2ccc(C(F)(F)F)c3ncccc23)C1. The second kappa shape index (κ2) is 9.24. The Kier molecular flexibility index (Phi) is 6.71. The fourth-order valence-electron chi connectivity index (χ4n) is 5.35. The molecule has 2 aliphatic rings.